The second kappa shape index (κ2) is 10.5. The van der Waals surface area contributed by atoms with Crippen molar-refractivity contribution in [1.82, 2.24) is 5.32 Å². The Labute approximate surface area is 161 Å². The molecular weight excluding hydrogens is 350 g/mol. The fourth-order valence-electron chi connectivity index (χ4n) is 3.71. The van der Waals surface area contributed by atoms with E-state index in [0.717, 1.165) is 19.3 Å². The first-order valence-corrected chi connectivity index (χ1v) is 10.0. The Morgan fingerprint density at radius 1 is 0.963 bits per heavy atom. The molecule has 1 fully saturated rings. The molecule has 0 heterocycles. The van der Waals surface area contributed by atoms with E-state index in [1.807, 2.05) is 0 Å². The molecule has 0 unspecified atom stereocenters. The summed E-state index contributed by atoms with van der Waals surface area (Å²) < 4.78 is 5.11. The molecule has 1 saturated carbocycles. The number of hydrogen-bond donors (Lipinski definition) is 3. The van der Waals surface area contributed by atoms with Gasteiger partial charge in [0.25, 0.3) is 0 Å². The Kier molecular flexibility index (Phi) is 9.06. The van der Waals surface area contributed by atoms with Crippen molar-refractivity contribution < 1.29 is 29.3 Å². The number of alkyl carbamates (subject to hydrolysis) is 1. The van der Waals surface area contributed by atoms with Gasteiger partial charge in [-0.15, -0.1) is 0 Å². The number of carboxylic acid groups (broad SMARTS) is 2. The van der Waals surface area contributed by atoms with Crippen LogP contribution in [0.15, 0.2) is 0 Å². The zero-order valence-electron chi connectivity index (χ0n) is 16.9. The van der Waals surface area contributed by atoms with Gasteiger partial charge in [0.1, 0.15) is 5.60 Å². The van der Waals surface area contributed by atoms with E-state index >= 15 is 0 Å². The van der Waals surface area contributed by atoms with Crippen LogP contribution in [0.25, 0.3) is 0 Å². The summed E-state index contributed by atoms with van der Waals surface area (Å²) in [6, 6.07) is 0. The quantitative estimate of drug-likeness (QED) is 0.384. The van der Waals surface area contributed by atoms with Crippen LogP contribution in [0, 0.1) is 11.3 Å². The standard InChI is InChI=1S/C20H35NO6/c1-19(2,3)27-18(26)21-14-8-13-20(16(22)23,17(24)25)12-7-11-15-9-5-4-6-10-15/h15H,4-14H2,1-3H3,(H,21,26)(H,22,23)(H,24,25). The molecule has 156 valence electrons. The van der Waals surface area contributed by atoms with Crippen LogP contribution in [0.5, 0.6) is 0 Å². The number of ether oxygens (including phenoxy) is 1. The Bertz CT molecular complexity index is 491. The highest BCUT2D eigenvalue weighted by molar-refractivity contribution is 5.98. The molecule has 3 N–H and O–H groups in total. The van der Waals surface area contributed by atoms with E-state index in [1.165, 1.54) is 19.3 Å². The van der Waals surface area contributed by atoms with Crippen LogP contribution in [0.4, 0.5) is 4.79 Å². The first-order chi connectivity index (χ1) is 12.6. The number of aliphatic carboxylic acids is 2. The van der Waals surface area contributed by atoms with Crippen molar-refractivity contribution in [3.63, 3.8) is 0 Å². The van der Waals surface area contributed by atoms with Crippen LogP contribution < -0.4 is 5.32 Å². The first-order valence-electron chi connectivity index (χ1n) is 10.0. The van der Waals surface area contributed by atoms with E-state index in [2.05, 4.69) is 5.32 Å². The Balaban J connectivity index is 2.51. The molecule has 0 aromatic heterocycles. The maximum atomic E-state index is 11.8. The van der Waals surface area contributed by atoms with Gasteiger partial charge in [-0.1, -0.05) is 44.9 Å². The summed E-state index contributed by atoms with van der Waals surface area (Å²) in [5.41, 5.74) is -2.40. The zero-order valence-corrected chi connectivity index (χ0v) is 16.9. The molecule has 1 aliphatic rings. The van der Waals surface area contributed by atoms with Gasteiger partial charge in [-0.3, -0.25) is 9.59 Å². The summed E-state index contributed by atoms with van der Waals surface area (Å²) in [6.45, 7) is 5.43. The number of carbonyl (C=O) groups is 3. The highest BCUT2D eigenvalue weighted by atomic mass is 16.6. The van der Waals surface area contributed by atoms with Crippen molar-refractivity contribution in [3.8, 4) is 0 Å². The Morgan fingerprint density at radius 2 is 1.52 bits per heavy atom. The van der Waals surface area contributed by atoms with E-state index < -0.39 is 29.0 Å². The molecule has 0 saturated heterocycles. The summed E-state index contributed by atoms with van der Waals surface area (Å²) in [7, 11) is 0. The molecule has 0 aliphatic heterocycles. The van der Waals surface area contributed by atoms with Crippen LogP contribution in [-0.4, -0.2) is 40.4 Å². The maximum absolute atomic E-state index is 11.8. The summed E-state index contributed by atoms with van der Waals surface area (Å²) in [6.07, 6.45) is 7.28. The Hall–Kier alpha value is -1.79. The van der Waals surface area contributed by atoms with Crippen LogP contribution in [0.1, 0.15) is 85.0 Å². The highest BCUT2D eigenvalue weighted by Gasteiger charge is 2.45. The molecule has 0 aromatic carbocycles. The minimum Gasteiger partial charge on any atom is -0.480 e. The SMILES string of the molecule is CC(C)(C)OC(=O)NCCCC(CCCC1CCCCC1)(C(=O)O)C(=O)O. The summed E-state index contributed by atoms with van der Waals surface area (Å²) in [4.78, 5) is 35.2. The smallest absolute Gasteiger partial charge is 0.407 e. The molecule has 27 heavy (non-hydrogen) atoms. The minimum atomic E-state index is -1.79. The van der Waals surface area contributed by atoms with E-state index in [1.54, 1.807) is 20.8 Å². The van der Waals surface area contributed by atoms with Gasteiger partial charge < -0.3 is 20.3 Å². The number of hydrogen-bond acceptors (Lipinski definition) is 4. The Morgan fingerprint density at radius 3 is 2.04 bits per heavy atom. The predicted molar refractivity (Wildman–Crippen MR) is 102 cm³/mol. The van der Waals surface area contributed by atoms with Gasteiger partial charge in [0.15, 0.2) is 5.41 Å². The second-order valence-electron chi connectivity index (χ2n) is 8.62. The number of nitrogens with one attached hydrogen (secondary N) is 1. The molecule has 1 amide bonds. The summed E-state index contributed by atoms with van der Waals surface area (Å²) in [5, 5.41) is 21.7. The van der Waals surface area contributed by atoms with Crippen molar-refractivity contribution in [2.45, 2.75) is 90.6 Å². The monoisotopic (exact) mass is 385 g/mol. The normalized spacial score (nSPS) is 16.0. The number of rotatable bonds is 10. The number of carbonyl (C=O) groups excluding carboxylic acids is 1. The lowest BCUT2D eigenvalue weighted by Crippen LogP contribution is -2.40. The molecule has 7 heteroatoms. The van der Waals surface area contributed by atoms with Gasteiger partial charge in [-0.2, -0.15) is 0 Å². The first kappa shape index (κ1) is 23.2. The van der Waals surface area contributed by atoms with Gasteiger partial charge in [0.05, 0.1) is 0 Å². The van der Waals surface area contributed by atoms with Gasteiger partial charge in [0, 0.05) is 6.54 Å². The molecule has 0 bridgehead atoms. The van der Waals surface area contributed by atoms with Gasteiger partial charge in [0.2, 0.25) is 0 Å². The summed E-state index contributed by atoms with van der Waals surface area (Å²) in [5.74, 6) is -2.00. The largest absolute Gasteiger partial charge is 0.480 e. The molecule has 0 radical (unpaired) electrons. The van der Waals surface area contributed by atoms with Crippen molar-refractivity contribution in [2.75, 3.05) is 6.54 Å². The fraction of sp³-hybridized carbons (Fsp3) is 0.850. The lowest BCUT2D eigenvalue weighted by Gasteiger charge is -2.27. The molecule has 1 aliphatic carbocycles. The summed E-state index contributed by atoms with van der Waals surface area (Å²) >= 11 is 0. The molecule has 0 atom stereocenters. The van der Waals surface area contributed by atoms with Crippen LogP contribution >= 0.6 is 0 Å². The van der Waals surface area contributed by atoms with E-state index in [9.17, 15) is 24.6 Å². The molecular formula is C20H35NO6. The number of carboxylic acids is 2. The predicted octanol–water partition coefficient (Wildman–Crippen LogP) is 4.20. The van der Waals surface area contributed by atoms with E-state index in [0.29, 0.717) is 12.3 Å². The lowest BCUT2D eigenvalue weighted by molar-refractivity contribution is -0.166. The molecule has 0 spiro atoms. The maximum Gasteiger partial charge on any atom is 0.407 e. The fourth-order valence-corrected chi connectivity index (χ4v) is 3.71. The zero-order chi connectivity index (χ0) is 20.5. The lowest BCUT2D eigenvalue weighted by atomic mass is 9.76. The second-order valence-corrected chi connectivity index (χ2v) is 8.62. The highest BCUT2D eigenvalue weighted by Crippen LogP contribution is 2.34. The topological polar surface area (TPSA) is 113 Å². The average Bonchev–Trinajstić information content (AvgIpc) is 2.55. The van der Waals surface area contributed by atoms with Crippen molar-refractivity contribution >= 4 is 18.0 Å². The van der Waals surface area contributed by atoms with Crippen LogP contribution in [-0.2, 0) is 14.3 Å². The van der Waals surface area contributed by atoms with Crippen LogP contribution in [0.2, 0.25) is 0 Å². The van der Waals surface area contributed by atoms with Gasteiger partial charge >= 0.3 is 18.0 Å². The van der Waals surface area contributed by atoms with Crippen LogP contribution in [0.3, 0.4) is 0 Å². The number of amides is 1. The van der Waals surface area contributed by atoms with Crippen molar-refractivity contribution in [3.05, 3.63) is 0 Å². The van der Waals surface area contributed by atoms with E-state index in [4.69, 9.17) is 4.74 Å². The van der Waals surface area contributed by atoms with E-state index in [-0.39, 0.29) is 25.8 Å². The average molecular weight is 386 g/mol. The third-order valence-electron chi connectivity index (χ3n) is 5.21. The molecule has 1 rings (SSSR count). The molecule has 0 aromatic rings. The minimum absolute atomic E-state index is 0.0157. The third-order valence-corrected chi connectivity index (χ3v) is 5.21. The molecule has 7 nitrogen and oxygen atoms in total. The van der Waals surface area contributed by atoms with Gasteiger partial charge in [-0.25, -0.2) is 4.79 Å². The third kappa shape index (κ3) is 8.18. The van der Waals surface area contributed by atoms with Crippen molar-refractivity contribution in [2.24, 2.45) is 11.3 Å². The van der Waals surface area contributed by atoms with Gasteiger partial charge in [-0.05, 0) is 46.0 Å². The van der Waals surface area contributed by atoms with Crippen molar-refractivity contribution in [1.29, 1.82) is 0 Å².